The number of ether oxygens (including phenoxy) is 2. The number of hydrogen-bond donors (Lipinski definition) is 1. The second-order valence-electron chi connectivity index (χ2n) is 4.90. The fourth-order valence-corrected chi connectivity index (χ4v) is 1.98. The lowest BCUT2D eigenvalue weighted by Gasteiger charge is -2.22. The van der Waals surface area contributed by atoms with Crippen LogP contribution in [0.5, 0.6) is 5.75 Å². The van der Waals surface area contributed by atoms with Gasteiger partial charge in [-0.2, -0.15) is 0 Å². The molecule has 0 unspecified atom stereocenters. The van der Waals surface area contributed by atoms with E-state index in [9.17, 15) is 4.79 Å². The standard InChI is InChI=1S/C14H20ClNO3/c1-14(2,13(17)19-4)9-16-8-10-11(15)6-5-7-12(10)18-3/h5-7,16H,8-9H2,1-4H3. The van der Waals surface area contributed by atoms with Gasteiger partial charge < -0.3 is 14.8 Å². The maximum atomic E-state index is 11.6. The van der Waals surface area contributed by atoms with Gasteiger partial charge in [0.1, 0.15) is 5.75 Å². The molecule has 0 aliphatic rings. The Hall–Kier alpha value is -1.26. The van der Waals surface area contributed by atoms with Gasteiger partial charge in [-0.1, -0.05) is 17.7 Å². The van der Waals surface area contributed by atoms with Gasteiger partial charge in [0.25, 0.3) is 0 Å². The normalized spacial score (nSPS) is 11.2. The van der Waals surface area contributed by atoms with E-state index in [2.05, 4.69) is 5.32 Å². The molecule has 0 fully saturated rings. The molecule has 0 heterocycles. The second kappa shape index (κ2) is 6.78. The van der Waals surface area contributed by atoms with Crippen molar-refractivity contribution in [3.8, 4) is 5.75 Å². The molecule has 5 heteroatoms. The van der Waals surface area contributed by atoms with Crippen LogP contribution in [0.4, 0.5) is 0 Å². The molecule has 0 spiro atoms. The Bertz CT molecular complexity index is 446. The van der Waals surface area contributed by atoms with Crippen molar-refractivity contribution in [1.82, 2.24) is 5.32 Å². The van der Waals surface area contributed by atoms with Crippen molar-refractivity contribution < 1.29 is 14.3 Å². The zero-order valence-corrected chi connectivity index (χ0v) is 12.5. The van der Waals surface area contributed by atoms with E-state index >= 15 is 0 Å². The van der Waals surface area contributed by atoms with Crippen LogP contribution in [-0.2, 0) is 16.1 Å². The third-order valence-corrected chi connectivity index (χ3v) is 3.26. The van der Waals surface area contributed by atoms with Gasteiger partial charge >= 0.3 is 5.97 Å². The fourth-order valence-electron chi connectivity index (χ4n) is 1.75. The Morgan fingerprint density at radius 3 is 2.63 bits per heavy atom. The summed E-state index contributed by atoms with van der Waals surface area (Å²) < 4.78 is 10.0. The summed E-state index contributed by atoms with van der Waals surface area (Å²) in [6.45, 7) is 4.68. The Morgan fingerprint density at radius 1 is 1.37 bits per heavy atom. The molecule has 4 nitrogen and oxygen atoms in total. The van der Waals surface area contributed by atoms with Gasteiger partial charge in [-0.05, 0) is 26.0 Å². The number of carbonyl (C=O) groups is 1. The monoisotopic (exact) mass is 285 g/mol. The number of methoxy groups -OCH3 is 2. The first-order valence-electron chi connectivity index (χ1n) is 6.03. The minimum absolute atomic E-state index is 0.244. The highest BCUT2D eigenvalue weighted by Gasteiger charge is 2.28. The number of hydrogen-bond acceptors (Lipinski definition) is 4. The summed E-state index contributed by atoms with van der Waals surface area (Å²) in [5.74, 6) is 0.488. The van der Waals surface area contributed by atoms with Crippen LogP contribution in [-0.4, -0.2) is 26.7 Å². The molecule has 1 aromatic carbocycles. The van der Waals surface area contributed by atoms with Crippen molar-refractivity contribution in [2.45, 2.75) is 20.4 Å². The zero-order chi connectivity index (χ0) is 14.5. The second-order valence-corrected chi connectivity index (χ2v) is 5.31. The molecule has 0 aromatic heterocycles. The molecule has 0 saturated carbocycles. The molecule has 0 bridgehead atoms. The smallest absolute Gasteiger partial charge is 0.312 e. The van der Waals surface area contributed by atoms with Gasteiger partial charge in [0.2, 0.25) is 0 Å². The summed E-state index contributed by atoms with van der Waals surface area (Å²) in [6.07, 6.45) is 0. The van der Waals surface area contributed by atoms with Crippen LogP contribution >= 0.6 is 11.6 Å². The van der Waals surface area contributed by atoms with E-state index in [1.807, 2.05) is 32.0 Å². The molecule has 1 N–H and O–H groups in total. The molecule has 19 heavy (non-hydrogen) atoms. The predicted molar refractivity (Wildman–Crippen MR) is 75.5 cm³/mol. The van der Waals surface area contributed by atoms with E-state index in [-0.39, 0.29) is 5.97 Å². The summed E-state index contributed by atoms with van der Waals surface area (Å²) in [5.41, 5.74) is 0.302. The quantitative estimate of drug-likeness (QED) is 0.816. The maximum absolute atomic E-state index is 11.6. The summed E-state index contributed by atoms with van der Waals surface area (Å²) in [7, 11) is 2.99. The summed E-state index contributed by atoms with van der Waals surface area (Å²) in [5, 5.41) is 3.85. The number of rotatable bonds is 6. The maximum Gasteiger partial charge on any atom is 0.312 e. The fraction of sp³-hybridized carbons (Fsp3) is 0.500. The lowest BCUT2D eigenvalue weighted by molar-refractivity contribution is -0.150. The van der Waals surface area contributed by atoms with Gasteiger partial charge in [0.05, 0.1) is 19.6 Å². The number of esters is 1. The van der Waals surface area contributed by atoms with Crippen LogP contribution in [0.25, 0.3) is 0 Å². The molecule has 1 aromatic rings. The molecule has 0 saturated heterocycles. The van der Waals surface area contributed by atoms with E-state index in [1.54, 1.807) is 7.11 Å². The van der Waals surface area contributed by atoms with Crippen LogP contribution in [0.15, 0.2) is 18.2 Å². The van der Waals surface area contributed by atoms with Gasteiger partial charge in [0.15, 0.2) is 0 Å². The minimum atomic E-state index is -0.580. The van der Waals surface area contributed by atoms with Crippen molar-refractivity contribution in [3.63, 3.8) is 0 Å². The number of benzene rings is 1. The van der Waals surface area contributed by atoms with Crippen LogP contribution in [0, 0.1) is 5.41 Å². The molecule has 0 radical (unpaired) electrons. The Labute approximate surface area is 119 Å². The van der Waals surface area contributed by atoms with Gasteiger partial charge in [-0.15, -0.1) is 0 Å². The van der Waals surface area contributed by atoms with Crippen LogP contribution in [0.2, 0.25) is 5.02 Å². The van der Waals surface area contributed by atoms with Gasteiger partial charge in [-0.3, -0.25) is 4.79 Å². The van der Waals surface area contributed by atoms with Gasteiger partial charge in [0, 0.05) is 23.7 Å². The van der Waals surface area contributed by atoms with Gasteiger partial charge in [-0.25, -0.2) is 0 Å². The van der Waals surface area contributed by atoms with Crippen molar-refractivity contribution >= 4 is 17.6 Å². The van der Waals surface area contributed by atoms with E-state index in [4.69, 9.17) is 21.1 Å². The zero-order valence-electron chi connectivity index (χ0n) is 11.7. The van der Waals surface area contributed by atoms with Crippen molar-refractivity contribution in [2.24, 2.45) is 5.41 Å². The number of carbonyl (C=O) groups excluding carboxylic acids is 1. The topological polar surface area (TPSA) is 47.6 Å². The molecule has 0 amide bonds. The predicted octanol–water partition coefficient (Wildman–Crippen LogP) is 2.64. The van der Waals surface area contributed by atoms with Crippen molar-refractivity contribution in [2.75, 3.05) is 20.8 Å². The molecule has 0 aliphatic heterocycles. The third-order valence-electron chi connectivity index (χ3n) is 2.90. The van der Waals surface area contributed by atoms with E-state index < -0.39 is 5.41 Å². The first-order chi connectivity index (χ1) is 8.92. The molecule has 0 aliphatic carbocycles. The molecular weight excluding hydrogens is 266 g/mol. The highest BCUT2D eigenvalue weighted by molar-refractivity contribution is 6.31. The van der Waals surface area contributed by atoms with E-state index in [0.29, 0.717) is 18.1 Å². The molecule has 1 rings (SSSR count). The Morgan fingerprint density at radius 2 is 2.05 bits per heavy atom. The number of halogens is 1. The summed E-state index contributed by atoms with van der Waals surface area (Å²) in [6, 6.07) is 5.50. The van der Waals surface area contributed by atoms with E-state index in [1.165, 1.54) is 7.11 Å². The lowest BCUT2D eigenvalue weighted by Crippen LogP contribution is -2.36. The van der Waals surface area contributed by atoms with E-state index in [0.717, 1.165) is 11.3 Å². The minimum Gasteiger partial charge on any atom is -0.496 e. The third kappa shape index (κ3) is 4.11. The van der Waals surface area contributed by atoms with Crippen molar-refractivity contribution in [3.05, 3.63) is 28.8 Å². The molecule has 0 atom stereocenters. The molecule has 106 valence electrons. The average Bonchev–Trinajstić information content (AvgIpc) is 2.39. The first kappa shape index (κ1) is 15.8. The van der Waals surface area contributed by atoms with Crippen LogP contribution in [0.1, 0.15) is 19.4 Å². The highest BCUT2D eigenvalue weighted by Crippen LogP contribution is 2.26. The first-order valence-corrected chi connectivity index (χ1v) is 6.40. The lowest BCUT2D eigenvalue weighted by atomic mass is 9.93. The number of nitrogens with one attached hydrogen (secondary N) is 1. The van der Waals surface area contributed by atoms with Crippen LogP contribution in [0.3, 0.4) is 0 Å². The largest absolute Gasteiger partial charge is 0.496 e. The van der Waals surface area contributed by atoms with Crippen LogP contribution < -0.4 is 10.1 Å². The highest BCUT2D eigenvalue weighted by atomic mass is 35.5. The average molecular weight is 286 g/mol. The summed E-state index contributed by atoms with van der Waals surface area (Å²) in [4.78, 5) is 11.6. The molecular formula is C14H20ClNO3. The van der Waals surface area contributed by atoms with Crippen molar-refractivity contribution in [1.29, 1.82) is 0 Å². The Kier molecular flexibility index (Phi) is 5.63. The Balaban J connectivity index is 2.66. The SMILES string of the molecule is COC(=O)C(C)(C)CNCc1c(Cl)cccc1OC. The summed E-state index contributed by atoms with van der Waals surface area (Å²) >= 11 is 6.14.